The third-order valence-electron chi connectivity index (χ3n) is 6.59. The van der Waals surface area contributed by atoms with Gasteiger partial charge in [-0.3, -0.25) is 14.5 Å². The zero-order chi connectivity index (χ0) is 22.1. The predicted molar refractivity (Wildman–Crippen MR) is 118 cm³/mol. The average molecular weight is 436 g/mol. The molecular weight excluding hydrogens is 409 g/mol. The fourth-order valence-corrected chi connectivity index (χ4v) is 4.96. The van der Waals surface area contributed by atoms with E-state index in [0.29, 0.717) is 49.0 Å². The van der Waals surface area contributed by atoms with E-state index >= 15 is 0 Å². The van der Waals surface area contributed by atoms with Gasteiger partial charge in [-0.25, -0.2) is 14.4 Å². The van der Waals surface area contributed by atoms with Gasteiger partial charge in [-0.15, -0.1) is 0 Å². The molecule has 0 unspecified atom stereocenters. The predicted octanol–water partition coefficient (Wildman–Crippen LogP) is 2.85. The fourth-order valence-electron chi connectivity index (χ4n) is 4.96. The van der Waals surface area contributed by atoms with E-state index in [2.05, 4.69) is 14.9 Å². The minimum atomic E-state index is -0.367. The molecule has 2 aromatic rings. The number of hydrogen-bond donors (Lipinski definition) is 0. The summed E-state index contributed by atoms with van der Waals surface area (Å²) in [6, 6.07) is 7.58. The molecule has 3 heterocycles. The number of piperazine rings is 1. The van der Waals surface area contributed by atoms with Crippen molar-refractivity contribution in [3.8, 4) is 0 Å². The van der Waals surface area contributed by atoms with Gasteiger partial charge in [-0.2, -0.15) is 0 Å². The monoisotopic (exact) mass is 435 g/mol. The van der Waals surface area contributed by atoms with E-state index in [1.807, 2.05) is 4.90 Å². The van der Waals surface area contributed by atoms with E-state index in [-0.39, 0.29) is 23.7 Å². The molecule has 1 aromatic carbocycles. The van der Waals surface area contributed by atoms with E-state index in [1.54, 1.807) is 30.6 Å². The van der Waals surface area contributed by atoms with Gasteiger partial charge in [0.25, 0.3) is 11.8 Å². The molecule has 2 aliphatic heterocycles. The van der Waals surface area contributed by atoms with Gasteiger partial charge >= 0.3 is 0 Å². The van der Waals surface area contributed by atoms with Crippen molar-refractivity contribution < 1.29 is 14.0 Å². The van der Waals surface area contributed by atoms with Crippen LogP contribution in [0.25, 0.3) is 5.57 Å². The Kier molecular flexibility index (Phi) is 5.59. The van der Waals surface area contributed by atoms with Crippen LogP contribution in [0.15, 0.2) is 48.4 Å². The van der Waals surface area contributed by atoms with Crippen LogP contribution >= 0.6 is 0 Å². The van der Waals surface area contributed by atoms with Crippen molar-refractivity contribution in [3.63, 3.8) is 0 Å². The molecule has 32 heavy (non-hydrogen) atoms. The van der Waals surface area contributed by atoms with E-state index < -0.39 is 0 Å². The molecule has 1 aliphatic carbocycles. The fraction of sp³-hybridized carbons (Fsp3) is 0.417. The summed E-state index contributed by atoms with van der Waals surface area (Å²) in [4.78, 5) is 41.3. The Morgan fingerprint density at radius 2 is 1.44 bits per heavy atom. The maximum atomic E-state index is 13.6. The van der Waals surface area contributed by atoms with Crippen molar-refractivity contribution in [1.82, 2.24) is 19.8 Å². The molecule has 0 radical (unpaired) electrons. The van der Waals surface area contributed by atoms with Crippen LogP contribution in [0.1, 0.15) is 37.7 Å². The van der Waals surface area contributed by atoms with E-state index in [1.165, 1.54) is 17.0 Å². The van der Waals surface area contributed by atoms with E-state index in [0.717, 1.165) is 32.1 Å². The number of benzene rings is 1. The first kappa shape index (κ1) is 20.6. The first-order valence-electron chi connectivity index (χ1n) is 11.3. The summed E-state index contributed by atoms with van der Waals surface area (Å²) in [6.45, 7) is 2.45. The highest BCUT2D eigenvalue weighted by molar-refractivity contribution is 6.35. The summed E-state index contributed by atoms with van der Waals surface area (Å²) in [7, 11) is 0. The molecule has 5 rings (SSSR count). The average Bonchev–Trinajstić information content (AvgIpc) is 3.10. The summed E-state index contributed by atoms with van der Waals surface area (Å²) in [6.07, 6.45) is 8.32. The van der Waals surface area contributed by atoms with Crippen LogP contribution in [-0.2, 0) is 9.59 Å². The SMILES string of the molecule is O=C1C(c2ccc(F)cc2)=C(N2CCN(c3ncccn3)CC2)C(=O)N1C1CCCCC1. The number of imide groups is 1. The molecule has 7 nitrogen and oxygen atoms in total. The topological polar surface area (TPSA) is 69.6 Å². The second kappa shape index (κ2) is 8.68. The minimum Gasteiger partial charge on any atom is -0.363 e. The summed E-state index contributed by atoms with van der Waals surface area (Å²) >= 11 is 0. The maximum Gasteiger partial charge on any atom is 0.278 e. The molecule has 0 bridgehead atoms. The first-order valence-corrected chi connectivity index (χ1v) is 11.3. The first-order chi connectivity index (χ1) is 15.6. The molecule has 3 aliphatic rings. The zero-order valence-corrected chi connectivity index (χ0v) is 17.9. The molecule has 0 atom stereocenters. The molecule has 1 aromatic heterocycles. The van der Waals surface area contributed by atoms with Gasteiger partial charge in [-0.05, 0) is 36.6 Å². The quantitative estimate of drug-likeness (QED) is 0.688. The van der Waals surface area contributed by atoms with Crippen molar-refractivity contribution in [1.29, 1.82) is 0 Å². The number of halogens is 1. The zero-order valence-electron chi connectivity index (χ0n) is 17.9. The number of amides is 2. The second-order valence-corrected chi connectivity index (χ2v) is 8.53. The normalized spacial score (nSPS) is 20.5. The minimum absolute atomic E-state index is 0.0595. The standard InChI is InChI=1S/C24H26FN5O2/c25-18-9-7-17(8-10-18)20-21(23(32)30(22(20)31)19-5-2-1-3-6-19)28-13-15-29(16-14-28)24-26-11-4-12-27-24/h4,7-12,19H,1-3,5-6,13-16H2. The molecule has 1 saturated carbocycles. The van der Waals surface area contributed by atoms with Crippen LogP contribution in [0.5, 0.6) is 0 Å². The third-order valence-corrected chi connectivity index (χ3v) is 6.59. The van der Waals surface area contributed by atoms with Crippen LogP contribution in [0.2, 0.25) is 0 Å². The smallest absolute Gasteiger partial charge is 0.278 e. The molecule has 0 spiro atoms. The van der Waals surface area contributed by atoms with Crippen LogP contribution in [0.4, 0.5) is 10.3 Å². The summed E-state index contributed by atoms with van der Waals surface area (Å²) in [5.41, 5.74) is 1.43. The Bertz CT molecular complexity index is 1030. The summed E-state index contributed by atoms with van der Waals surface area (Å²) < 4.78 is 13.6. The second-order valence-electron chi connectivity index (χ2n) is 8.53. The molecule has 2 fully saturated rings. The number of aromatic nitrogens is 2. The summed E-state index contributed by atoms with van der Waals surface area (Å²) in [5, 5.41) is 0. The Balaban J connectivity index is 1.45. The molecule has 1 saturated heterocycles. The van der Waals surface area contributed by atoms with E-state index in [9.17, 15) is 14.0 Å². The van der Waals surface area contributed by atoms with Crippen LogP contribution in [0, 0.1) is 5.82 Å². The van der Waals surface area contributed by atoms with Gasteiger partial charge in [0.2, 0.25) is 5.95 Å². The van der Waals surface area contributed by atoms with Gasteiger partial charge < -0.3 is 9.80 Å². The maximum absolute atomic E-state index is 13.6. The van der Waals surface area contributed by atoms with Crippen molar-refractivity contribution >= 4 is 23.3 Å². The Morgan fingerprint density at radius 1 is 0.812 bits per heavy atom. The van der Waals surface area contributed by atoms with Gasteiger partial charge in [0.05, 0.1) is 5.57 Å². The number of carbonyl (C=O) groups is 2. The largest absolute Gasteiger partial charge is 0.363 e. The van der Waals surface area contributed by atoms with Gasteiger partial charge in [-0.1, -0.05) is 31.4 Å². The lowest BCUT2D eigenvalue weighted by Gasteiger charge is -2.37. The van der Waals surface area contributed by atoms with Gasteiger partial charge in [0, 0.05) is 44.6 Å². The number of rotatable bonds is 4. The highest BCUT2D eigenvalue weighted by Gasteiger charge is 2.45. The lowest BCUT2D eigenvalue weighted by Crippen LogP contribution is -2.49. The molecule has 8 heteroatoms. The van der Waals surface area contributed by atoms with Crippen LogP contribution in [0.3, 0.4) is 0 Å². The van der Waals surface area contributed by atoms with Crippen molar-refractivity contribution in [2.24, 2.45) is 0 Å². The van der Waals surface area contributed by atoms with Gasteiger partial charge in [0.15, 0.2) is 0 Å². The van der Waals surface area contributed by atoms with Gasteiger partial charge in [0.1, 0.15) is 11.5 Å². The number of carbonyl (C=O) groups excluding carboxylic acids is 2. The lowest BCUT2D eigenvalue weighted by atomic mass is 9.94. The van der Waals surface area contributed by atoms with Crippen LogP contribution in [-0.4, -0.2) is 63.8 Å². The lowest BCUT2D eigenvalue weighted by molar-refractivity contribution is -0.141. The van der Waals surface area contributed by atoms with Crippen molar-refractivity contribution in [2.75, 3.05) is 31.1 Å². The van der Waals surface area contributed by atoms with Crippen molar-refractivity contribution in [3.05, 3.63) is 59.8 Å². The molecule has 166 valence electrons. The third kappa shape index (κ3) is 3.74. The van der Waals surface area contributed by atoms with E-state index in [4.69, 9.17) is 0 Å². The highest BCUT2D eigenvalue weighted by atomic mass is 19.1. The van der Waals surface area contributed by atoms with Crippen LogP contribution < -0.4 is 4.90 Å². The molecule has 0 N–H and O–H groups in total. The molecular formula is C24H26FN5O2. The molecule has 2 amide bonds. The highest BCUT2D eigenvalue weighted by Crippen LogP contribution is 2.36. The Morgan fingerprint density at radius 3 is 2.09 bits per heavy atom. The summed E-state index contributed by atoms with van der Waals surface area (Å²) in [5.74, 6) is -0.172. The Labute approximate surface area is 186 Å². The number of nitrogens with zero attached hydrogens (tertiary/aromatic N) is 5. The number of anilines is 1. The number of hydrogen-bond acceptors (Lipinski definition) is 6. The Hall–Kier alpha value is -3.29. The van der Waals surface area contributed by atoms with Crippen molar-refractivity contribution in [2.45, 2.75) is 38.1 Å².